The van der Waals surface area contributed by atoms with E-state index in [4.69, 9.17) is 0 Å². The van der Waals surface area contributed by atoms with Crippen LogP contribution in [0.5, 0.6) is 0 Å². The molecule has 0 spiro atoms. The summed E-state index contributed by atoms with van der Waals surface area (Å²) in [7, 11) is 0. The number of amides is 1. The van der Waals surface area contributed by atoms with Gasteiger partial charge in [0.2, 0.25) is 5.91 Å². The van der Waals surface area contributed by atoms with Crippen LogP contribution in [-0.4, -0.2) is 24.0 Å². The summed E-state index contributed by atoms with van der Waals surface area (Å²) in [5.41, 5.74) is 3.15. The van der Waals surface area contributed by atoms with Crippen molar-refractivity contribution in [3.8, 4) is 0 Å². The first kappa shape index (κ1) is 20.5. The van der Waals surface area contributed by atoms with Crippen LogP contribution in [0.4, 0.5) is 26.6 Å². The molecular weight excluding hydrogens is 423 g/mol. The number of anilines is 4. The average Bonchev–Trinajstić information content (AvgIpc) is 3.27. The Labute approximate surface area is 189 Å². The minimum Gasteiger partial charge on any atom is -0.356 e. The monoisotopic (exact) mass is 446 g/mol. The van der Waals surface area contributed by atoms with Gasteiger partial charge in [0.25, 0.3) is 0 Å². The third kappa shape index (κ3) is 4.43. The fourth-order valence-corrected chi connectivity index (χ4v) is 4.99. The second-order valence-electron chi connectivity index (χ2n) is 7.93. The normalized spacial score (nSPS) is 16.2. The number of rotatable bonds is 5. The Morgan fingerprint density at radius 3 is 2.50 bits per heavy atom. The molecule has 0 aliphatic carbocycles. The lowest BCUT2D eigenvalue weighted by atomic mass is 9.97. The zero-order valence-electron chi connectivity index (χ0n) is 17.4. The van der Waals surface area contributed by atoms with E-state index in [0.717, 1.165) is 46.3 Å². The number of nitrogens with zero attached hydrogens (tertiary/aromatic N) is 2. The molecule has 1 fully saturated rings. The highest BCUT2D eigenvalue weighted by molar-refractivity contribution is 7.22. The van der Waals surface area contributed by atoms with Crippen molar-refractivity contribution < 1.29 is 9.18 Å². The molecule has 2 N–H and O–H groups in total. The second kappa shape index (κ2) is 8.96. The van der Waals surface area contributed by atoms with Crippen LogP contribution in [0, 0.1) is 11.7 Å². The van der Waals surface area contributed by atoms with Gasteiger partial charge >= 0.3 is 0 Å². The highest BCUT2D eigenvalue weighted by atomic mass is 32.1. The number of carbonyl (C=O) groups is 1. The maximum atomic E-state index is 14.0. The summed E-state index contributed by atoms with van der Waals surface area (Å²) in [5.74, 6) is -0.435. The number of aromatic nitrogens is 1. The molecule has 4 aromatic rings. The molecule has 7 heteroatoms. The number of nitrogens with one attached hydrogen (secondary N) is 2. The smallest absolute Gasteiger partial charge is 0.229 e. The largest absolute Gasteiger partial charge is 0.356 e. The number of fused-ring (bicyclic) bond motifs is 1. The lowest BCUT2D eigenvalue weighted by molar-refractivity contribution is -0.120. The standard InChI is InChI=1S/C25H23FN4OS/c26-21-9-4-10-22-23(21)29-25(32-22)30-15-5-6-17(16-30)24(31)28-20-13-11-19(12-14-20)27-18-7-2-1-3-8-18/h1-4,7-14,17,27H,5-6,15-16H2,(H,28,31). The molecule has 1 amide bonds. The maximum absolute atomic E-state index is 14.0. The summed E-state index contributed by atoms with van der Waals surface area (Å²) in [6.45, 7) is 1.41. The van der Waals surface area contributed by atoms with Crippen molar-refractivity contribution in [2.45, 2.75) is 12.8 Å². The van der Waals surface area contributed by atoms with E-state index >= 15 is 0 Å². The predicted octanol–water partition coefficient (Wildman–Crippen LogP) is 6.03. The first-order valence-electron chi connectivity index (χ1n) is 10.7. The number of hydrogen-bond donors (Lipinski definition) is 2. The van der Waals surface area contributed by atoms with E-state index in [1.807, 2.05) is 60.7 Å². The number of thiazole rings is 1. The molecule has 5 nitrogen and oxygen atoms in total. The van der Waals surface area contributed by atoms with Crippen LogP contribution in [0.25, 0.3) is 10.2 Å². The topological polar surface area (TPSA) is 57.3 Å². The Morgan fingerprint density at radius 1 is 0.969 bits per heavy atom. The summed E-state index contributed by atoms with van der Waals surface area (Å²) in [5, 5.41) is 7.15. The van der Waals surface area contributed by atoms with E-state index < -0.39 is 0 Å². The molecule has 1 unspecified atom stereocenters. The van der Waals surface area contributed by atoms with E-state index in [-0.39, 0.29) is 17.6 Å². The van der Waals surface area contributed by atoms with Gasteiger partial charge in [-0.1, -0.05) is 35.6 Å². The minimum absolute atomic E-state index is 0.00533. The molecule has 2 heterocycles. The van der Waals surface area contributed by atoms with Gasteiger partial charge in [0, 0.05) is 30.2 Å². The predicted molar refractivity (Wildman–Crippen MR) is 129 cm³/mol. The lowest BCUT2D eigenvalue weighted by Crippen LogP contribution is -2.40. The highest BCUT2D eigenvalue weighted by Crippen LogP contribution is 2.33. The quantitative estimate of drug-likeness (QED) is 0.393. The number of benzene rings is 3. The molecule has 0 bridgehead atoms. The SMILES string of the molecule is O=C(Nc1ccc(Nc2ccccc2)cc1)C1CCCN(c2nc3c(F)cccc3s2)C1. The molecule has 0 saturated carbocycles. The van der Waals surface area contributed by atoms with Crippen molar-refractivity contribution in [3.63, 3.8) is 0 Å². The summed E-state index contributed by atoms with van der Waals surface area (Å²) in [6, 6.07) is 22.7. The number of hydrogen-bond acceptors (Lipinski definition) is 5. The molecule has 162 valence electrons. The Hall–Kier alpha value is -3.45. The summed E-state index contributed by atoms with van der Waals surface area (Å²) >= 11 is 1.47. The molecule has 1 saturated heterocycles. The molecule has 1 atom stereocenters. The average molecular weight is 447 g/mol. The van der Waals surface area contributed by atoms with E-state index in [2.05, 4.69) is 20.5 Å². The summed E-state index contributed by atoms with van der Waals surface area (Å²) < 4.78 is 14.9. The van der Waals surface area contributed by atoms with E-state index in [1.54, 1.807) is 6.07 Å². The van der Waals surface area contributed by atoms with Gasteiger partial charge in [-0.2, -0.15) is 0 Å². The molecule has 1 aromatic heterocycles. The molecule has 1 aliphatic heterocycles. The molecule has 1 aliphatic rings. The van der Waals surface area contributed by atoms with E-state index in [9.17, 15) is 9.18 Å². The molecule has 0 radical (unpaired) electrons. The van der Waals surface area contributed by atoms with Crippen molar-refractivity contribution in [1.82, 2.24) is 4.98 Å². The summed E-state index contributed by atoms with van der Waals surface area (Å²) in [4.78, 5) is 19.5. The molecule has 5 rings (SSSR count). The van der Waals surface area contributed by atoms with Crippen LogP contribution >= 0.6 is 11.3 Å². The van der Waals surface area contributed by atoms with Gasteiger partial charge in [-0.3, -0.25) is 4.79 Å². The third-order valence-corrected chi connectivity index (χ3v) is 6.72. The first-order valence-corrected chi connectivity index (χ1v) is 11.5. The molecule has 32 heavy (non-hydrogen) atoms. The Kier molecular flexibility index (Phi) is 5.73. The van der Waals surface area contributed by atoms with Gasteiger partial charge in [-0.05, 0) is 61.4 Å². The van der Waals surface area contributed by atoms with Gasteiger partial charge in [0.05, 0.1) is 10.6 Å². The van der Waals surface area contributed by atoms with Crippen molar-refractivity contribution in [3.05, 3.63) is 78.6 Å². The Morgan fingerprint density at radius 2 is 1.72 bits per heavy atom. The first-order chi connectivity index (χ1) is 15.7. The minimum atomic E-state index is -0.304. The fourth-order valence-electron chi connectivity index (χ4n) is 3.97. The zero-order chi connectivity index (χ0) is 21.9. The maximum Gasteiger partial charge on any atom is 0.229 e. The van der Waals surface area contributed by atoms with Crippen LogP contribution in [0.1, 0.15) is 12.8 Å². The van der Waals surface area contributed by atoms with E-state index in [0.29, 0.717) is 12.1 Å². The zero-order valence-corrected chi connectivity index (χ0v) is 18.2. The Balaban J connectivity index is 1.22. The number of piperidine rings is 1. The fraction of sp³-hybridized carbons (Fsp3) is 0.200. The van der Waals surface area contributed by atoms with Crippen LogP contribution in [0.15, 0.2) is 72.8 Å². The van der Waals surface area contributed by atoms with Gasteiger partial charge in [0.1, 0.15) is 11.3 Å². The van der Waals surface area contributed by atoms with Crippen LogP contribution in [0.2, 0.25) is 0 Å². The van der Waals surface area contributed by atoms with Crippen molar-refractivity contribution in [2.24, 2.45) is 5.92 Å². The van der Waals surface area contributed by atoms with Crippen LogP contribution in [-0.2, 0) is 4.79 Å². The third-order valence-electron chi connectivity index (χ3n) is 5.64. The number of halogens is 1. The molecule has 3 aromatic carbocycles. The van der Waals surface area contributed by atoms with Gasteiger partial charge in [-0.15, -0.1) is 0 Å². The van der Waals surface area contributed by atoms with Gasteiger partial charge in [0.15, 0.2) is 5.13 Å². The van der Waals surface area contributed by atoms with Gasteiger partial charge < -0.3 is 15.5 Å². The number of carbonyl (C=O) groups excluding carboxylic acids is 1. The van der Waals surface area contributed by atoms with Crippen LogP contribution < -0.4 is 15.5 Å². The lowest BCUT2D eigenvalue weighted by Gasteiger charge is -2.31. The van der Waals surface area contributed by atoms with Crippen molar-refractivity contribution >= 4 is 49.7 Å². The number of para-hydroxylation sites is 2. The van der Waals surface area contributed by atoms with Crippen LogP contribution in [0.3, 0.4) is 0 Å². The molecular formula is C25H23FN4OS. The second-order valence-corrected chi connectivity index (χ2v) is 8.93. The van der Waals surface area contributed by atoms with Gasteiger partial charge in [-0.25, -0.2) is 9.37 Å². The Bertz CT molecular complexity index is 1230. The van der Waals surface area contributed by atoms with E-state index in [1.165, 1.54) is 17.4 Å². The summed E-state index contributed by atoms with van der Waals surface area (Å²) in [6.07, 6.45) is 1.73. The van der Waals surface area contributed by atoms with Crippen molar-refractivity contribution in [2.75, 3.05) is 28.6 Å². The van der Waals surface area contributed by atoms with Crippen molar-refractivity contribution in [1.29, 1.82) is 0 Å². The highest BCUT2D eigenvalue weighted by Gasteiger charge is 2.27.